The molecule has 0 aliphatic carbocycles. The first-order valence-corrected chi connectivity index (χ1v) is 5.82. The summed E-state index contributed by atoms with van der Waals surface area (Å²) in [6, 6.07) is 0. The molecule has 7 heteroatoms. The summed E-state index contributed by atoms with van der Waals surface area (Å²) in [6.07, 6.45) is 0.475. The van der Waals surface area contributed by atoms with E-state index in [0.29, 0.717) is 26.2 Å². The Bertz CT molecular complexity index is 292. The van der Waals surface area contributed by atoms with Crippen molar-refractivity contribution in [2.75, 3.05) is 40.4 Å². The molecule has 2 bridgehead atoms. The highest BCUT2D eigenvalue weighted by Crippen LogP contribution is 2.17. The zero-order valence-electron chi connectivity index (χ0n) is 10.3. The molecule has 2 N–H and O–H groups in total. The predicted octanol–water partition coefficient (Wildman–Crippen LogP) is -1.79. The molecule has 2 heterocycles. The van der Waals surface area contributed by atoms with Gasteiger partial charge in [-0.15, -0.1) is 0 Å². The molecule has 0 aromatic carbocycles. The van der Waals surface area contributed by atoms with Crippen LogP contribution in [0.25, 0.3) is 0 Å². The topological polar surface area (TPSA) is 67.9 Å². The van der Waals surface area contributed by atoms with Crippen molar-refractivity contribution < 1.29 is 9.59 Å². The zero-order valence-corrected chi connectivity index (χ0v) is 10.3. The zero-order chi connectivity index (χ0) is 12.4. The van der Waals surface area contributed by atoms with E-state index < -0.39 is 0 Å². The molecule has 2 amide bonds. The molecule has 7 nitrogen and oxygen atoms in total. The summed E-state index contributed by atoms with van der Waals surface area (Å²) in [5, 5.41) is 3.18. The maximum absolute atomic E-state index is 11.9. The lowest BCUT2D eigenvalue weighted by Gasteiger charge is -2.27. The summed E-state index contributed by atoms with van der Waals surface area (Å²) in [6.45, 7) is 2.20. The second-order valence-electron chi connectivity index (χ2n) is 4.50. The number of hydrogen-bond donors (Lipinski definition) is 2. The predicted molar refractivity (Wildman–Crippen MR) is 61.2 cm³/mol. The Hall–Kier alpha value is -1.18. The molecule has 2 saturated heterocycles. The number of amides is 2. The maximum atomic E-state index is 11.9. The average Bonchev–Trinajstić information content (AvgIpc) is 2.53. The van der Waals surface area contributed by atoms with Crippen LogP contribution in [0.15, 0.2) is 0 Å². The van der Waals surface area contributed by atoms with Gasteiger partial charge in [-0.25, -0.2) is 10.9 Å². The summed E-state index contributed by atoms with van der Waals surface area (Å²) >= 11 is 0. The van der Waals surface area contributed by atoms with Crippen molar-refractivity contribution in [2.45, 2.75) is 6.42 Å². The van der Waals surface area contributed by atoms with Gasteiger partial charge < -0.3 is 0 Å². The fourth-order valence-electron chi connectivity index (χ4n) is 2.41. The highest BCUT2D eigenvalue weighted by molar-refractivity contribution is 5.79. The molecule has 0 spiro atoms. The van der Waals surface area contributed by atoms with Crippen LogP contribution < -0.4 is 10.9 Å². The minimum Gasteiger partial charge on any atom is -0.277 e. The van der Waals surface area contributed by atoms with Crippen molar-refractivity contribution in [2.24, 2.45) is 5.92 Å². The van der Waals surface area contributed by atoms with Gasteiger partial charge >= 0.3 is 0 Å². The number of hydrogen-bond acceptors (Lipinski definition) is 5. The molecule has 0 aromatic heterocycles. The lowest BCUT2D eigenvalue weighted by molar-refractivity contribution is -0.140. The first-order chi connectivity index (χ1) is 8.13. The summed E-state index contributed by atoms with van der Waals surface area (Å²) < 4.78 is 0. The molecule has 17 heavy (non-hydrogen) atoms. The summed E-state index contributed by atoms with van der Waals surface area (Å²) in [4.78, 5) is 25.8. The Kier molecular flexibility index (Phi) is 3.60. The van der Waals surface area contributed by atoms with E-state index >= 15 is 0 Å². The summed E-state index contributed by atoms with van der Waals surface area (Å²) in [5.74, 6) is 0.338. The SMILES string of the molecule is CNN1CC2CC(=O)N(NC)CN(CC1=O)C2. The third-order valence-electron chi connectivity index (χ3n) is 3.26. The Morgan fingerprint density at radius 3 is 2.41 bits per heavy atom. The number of nitrogens with one attached hydrogen (secondary N) is 2. The highest BCUT2D eigenvalue weighted by atomic mass is 16.2. The molecule has 96 valence electrons. The molecule has 0 aromatic rings. The number of hydrazine groups is 2. The van der Waals surface area contributed by atoms with Crippen molar-refractivity contribution in [3.8, 4) is 0 Å². The van der Waals surface area contributed by atoms with Crippen LogP contribution in [0.4, 0.5) is 0 Å². The van der Waals surface area contributed by atoms with Gasteiger partial charge in [-0.2, -0.15) is 0 Å². The van der Waals surface area contributed by atoms with E-state index in [4.69, 9.17) is 0 Å². The van der Waals surface area contributed by atoms with Crippen LogP contribution in [0.1, 0.15) is 6.42 Å². The van der Waals surface area contributed by atoms with Gasteiger partial charge in [0.2, 0.25) is 5.91 Å². The standard InChI is InChI=1S/C10H19N5O2/c1-11-14-5-8-3-9(16)15(12-2)7-13(4-8)6-10(14)17/h8,11-12H,3-7H2,1-2H3. The first kappa shape index (κ1) is 12.3. The average molecular weight is 241 g/mol. The third-order valence-corrected chi connectivity index (χ3v) is 3.26. The van der Waals surface area contributed by atoms with Gasteiger partial charge in [0, 0.05) is 33.6 Å². The largest absolute Gasteiger partial charge is 0.277 e. The Morgan fingerprint density at radius 2 is 1.76 bits per heavy atom. The lowest BCUT2D eigenvalue weighted by Crippen LogP contribution is -2.50. The van der Waals surface area contributed by atoms with Gasteiger partial charge in [-0.05, 0) is 5.92 Å². The molecule has 2 unspecified atom stereocenters. The minimum absolute atomic E-state index is 0.0559. The maximum Gasteiger partial charge on any atom is 0.250 e. The quantitative estimate of drug-likeness (QED) is 0.597. The van der Waals surface area contributed by atoms with E-state index in [2.05, 4.69) is 10.9 Å². The van der Waals surface area contributed by atoms with Crippen LogP contribution in [0.5, 0.6) is 0 Å². The van der Waals surface area contributed by atoms with Gasteiger partial charge in [0.1, 0.15) is 0 Å². The molecule has 0 radical (unpaired) electrons. The molecule has 2 fully saturated rings. The van der Waals surface area contributed by atoms with Crippen molar-refractivity contribution in [3.05, 3.63) is 0 Å². The van der Waals surface area contributed by atoms with Crippen molar-refractivity contribution >= 4 is 11.8 Å². The monoisotopic (exact) mass is 241 g/mol. The van der Waals surface area contributed by atoms with Gasteiger partial charge in [0.25, 0.3) is 5.91 Å². The Balaban J connectivity index is 2.14. The molecule has 2 rings (SSSR count). The van der Waals surface area contributed by atoms with Crippen LogP contribution in [0.3, 0.4) is 0 Å². The Morgan fingerprint density at radius 1 is 1.06 bits per heavy atom. The molecule has 2 atom stereocenters. The molecular weight excluding hydrogens is 222 g/mol. The normalized spacial score (nSPS) is 30.2. The summed E-state index contributed by atoms with van der Waals surface area (Å²) in [7, 11) is 3.46. The fraction of sp³-hybridized carbons (Fsp3) is 0.800. The van der Waals surface area contributed by atoms with Crippen LogP contribution in [-0.4, -0.2) is 67.1 Å². The van der Waals surface area contributed by atoms with Crippen molar-refractivity contribution in [3.63, 3.8) is 0 Å². The van der Waals surface area contributed by atoms with Crippen LogP contribution in [0.2, 0.25) is 0 Å². The smallest absolute Gasteiger partial charge is 0.250 e. The van der Waals surface area contributed by atoms with Gasteiger partial charge in [-0.1, -0.05) is 0 Å². The molecular formula is C10H19N5O2. The second-order valence-corrected chi connectivity index (χ2v) is 4.50. The number of carbonyl (C=O) groups is 2. The minimum atomic E-state index is 0.0559. The number of carbonyl (C=O) groups excluding carboxylic acids is 2. The van der Waals surface area contributed by atoms with E-state index in [9.17, 15) is 9.59 Å². The highest BCUT2D eigenvalue weighted by Gasteiger charge is 2.33. The van der Waals surface area contributed by atoms with Gasteiger partial charge in [0.15, 0.2) is 0 Å². The second kappa shape index (κ2) is 4.99. The van der Waals surface area contributed by atoms with Gasteiger partial charge in [-0.3, -0.25) is 24.5 Å². The molecule has 0 saturated carbocycles. The van der Waals surface area contributed by atoms with Crippen molar-refractivity contribution in [1.82, 2.24) is 25.8 Å². The Labute approximate surface area is 101 Å². The van der Waals surface area contributed by atoms with Gasteiger partial charge in [0.05, 0.1) is 13.2 Å². The third kappa shape index (κ3) is 2.56. The fourth-order valence-corrected chi connectivity index (χ4v) is 2.41. The van der Waals surface area contributed by atoms with E-state index in [1.165, 1.54) is 0 Å². The number of rotatable bonds is 2. The van der Waals surface area contributed by atoms with E-state index in [0.717, 1.165) is 6.54 Å². The van der Waals surface area contributed by atoms with Crippen molar-refractivity contribution in [1.29, 1.82) is 0 Å². The number of nitrogens with zero attached hydrogens (tertiary/aromatic N) is 3. The first-order valence-electron chi connectivity index (χ1n) is 5.82. The van der Waals surface area contributed by atoms with E-state index in [-0.39, 0.29) is 17.7 Å². The summed E-state index contributed by atoms with van der Waals surface area (Å²) in [5.41, 5.74) is 5.75. The van der Waals surface area contributed by atoms with Crippen LogP contribution in [-0.2, 0) is 9.59 Å². The molecule has 2 aliphatic rings. The number of fused-ring (bicyclic) bond motifs is 2. The lowest BCUT2D eigenvalue weighted by atomic mass is 10.1. The van der Waals surface area contributed by atoms with E-state index in [1.54, 1.807) is 24.1 Å². The van der Waals surface area contributed by atoms with E-state index in [1.807, 2.05) is 4.90 Å². The molecule has 2 aliphatic heterocycles. The van der Waals surface area contributed by atoms with Crippen LogP contribution in [0, 0.1) is 5.92 Å². The van der Waals surface area contributed by atoms with Crippen LogP contribution >= 0.6 is 0 Å².